The van der Waals surface area contributed by atoms with Crippen LogP contribution in [0.5, 0.6) is 0 Å². The van der Waals surface area contributed by atoms with Gasteiger partial charge in [0.25, 0.3) is 0 Å². The molecule has 150 valence electrons. The molecule has 5 rings (SSSR count). The number of likely N-dealkylation sites (tertiary alicyclic amines) is 1. The van der Waals surface area contributed by atoms with Crippen molar-refractivity contribution in [1.82, 2.24) is 19.7 Å². The largest absolute Gasteiger partial charge is 0.361 e. The van der Waals surface area contributed by atoms with E-state index in [0.29, 0.717) is 17.2 Å². The number of benzene rings is 1. The Morgan fingerprint density at radius 2 is 1.93 bits per heavy atom. The molecule has 0 radical (unpaired) electrons. The predicted octanol–water partition coefficient (Wildman–Crippen LogP) is 2.93. The molecule has 1 N–H and O–H groups in total. The molecule has 1 atom stereocenters. The lowest BCUT2D eigenvalue weighted by atomic mass is 9.90. The fraction of sp³-hybridized carbons (Fsp3) is 0.609. The first-order valence-corrected chi connectivity index (χ1v) is 10.9. The Balaban J connectivity index is 1.17. The van der Waals surface area contributed by atoms with Crippen LogP contribution in [0.25, 0.3) is 10.9 Å². The molecular formula is C23H32N4O. The molecule has 3 heterocycles. The molecule has 5 heteroatoms. The van der Waals surface area contributed by atoms with Crippen molar-refractivity contribution in [3.05, 3.63) is 36.0 Å². The van der Waals surface area contributed by atoms with Crippen LogP contribution in [-0.4, -0.2) is 71.9 Å². The fourth-order valence-electron chi connectivity index (χ4n) is 5.40. The van der Waals surface area contributed by atoms with Crippen LogP contribution in [0.15, 0.2) is 30.5 Å². The summed E-state index contributed by atoms with van der Waals surface area (Å²) in [5.41, 5.74) is 2.93. The standard InChI is InChI=1S/C23H32N4O/c1-25-9-4-10-27(14-13-25)22(28)20-15-23(20)7-11-26(12-8-23)17-18-16-24-21-6-3-2-5-19(18)21/h2-3,5-6,16,20,24H,4,7-15,17H2,1H3. The van der Waals surface area contributed by atoms with Gasteiger partial charge in [0.2, 0.25) is 5.91 Å². The van der Waals surface area contributed by atoms with Crippen LogP contribution >= 0.6 is 0 Å². The van der Waals surface area contributed by atoms with Crippen molar-refractivity contribution in [3.8, 4) is 0 Å². The fourth-order valence-corrected chi connectivity index (χ4v) is 5.40. The molecular weight excluding hydrogens is 348 g/mol. The summed E-state index contributed by atoms with van der Waals surface area (Å²) in [6.07, 6.45) is 6.76. The second kappa shape index (κ2) is 7.20. The van der Waals surface area contributed by atoms with E-state index in [4.69, 9.17) is 0 Å². The summed E-state index contributed by atoms with van der Waals surface area (Å²) < 4.78 is 0. The van der Waals surface area contributed by atoms with Gasteiger partial charge in [0.15, 0.2) is 0 Å². The van der Waals surface area contributed by atoms with Gasteiger partial charge in [-0.15, -0.1) is 0 Å². The number of hydrogen-bond donors (Lipinski definition) is 1. The zero-order valence-corrected chi connectivity index (χ0v) is 17.0. The number of amides is 1. The molecule has 0 bridgehead atoms. The zero-order valence-electron chi connectivity index (χ0n) is 17.0. The second-order valence-electron chi connectivity index (χ2n) is 9.24. The number of nitrogens with zero attached hydrogens (tertiary/aromatic N) is 3. The number of piperidine rings is 1. The van der Waals surface area contributed by atoms with Crippen LogP contribution in [0, 0.1) is 11.3 Å². The number of aromatic nitrogens is 1. The molecule has 3 fully saturated rings. The van der Waals surface area contributed by atoms with Gasteiger partial charge in [-0.3, -0.25) is 9.69 Å². The monoisotopic (exact) mass is 380 g/mol. The Labute approximate surface area is 167 Å². The van der Waals surface area contributed by atoms with E-state index < -0.39 is 0 Å². The number of nitrogens with one attached hydrogen (secondary N) is 1. The maximum Gasteiger partial charge on any atom is 0.226 e. The Bertz CT molecular complexity index is 851. The molecule has 3 aliphatic rings. The predicted molar refractivity (Wildman–Crippen MR) is 112 cm³/mol. The van der Waals surface area contributed by atoms with Gasteiger partial charge in [-0.2, -0.15) is 0 Å². The van der Waals surface area contributed by atoms with Crippen molar-refractivity contribution in [1.29, 1.82) is 0 Å². The minimum atomic E-state index is 0.297. The lowest BCUT2D eigenvalue weighted by Crippen LogP contribution is -2.39. The van der Waals surface area contributed by atoms with Gasteiger partial charge in [0, 0.05) is 49.2 Å². The smallest absolute Gasteiger partial charge is 0.226 e. The maximum atomic E-state index is 13.1. The number of carbonyl (C=O) groups is 1. The van der Waals surface area contributed by atoms with Gasteiger partial charge in [-0.1, -0.05) is 18.2 Å². The first kappa shape index (κ1) is 18.2. The van der Waals surface area contributed by atoms with E-state index in [1.54, 1.807) is 0 Å². The Kier molecular flexibility index (Phi) is 4.68. The van der Waals surface area contributed by atoms with Gasteiger partial charge < -0.3 is 14.8 Å². The van der Waals surface area contributed by atoms with E-state index in [1.165, 1.54) is 29.3 Å². The van der Waals surface area contributed by atoms with Crippen LogP contribution < -0.4 is 0 Å². The highest BCUT2D eigenvalue weighted by molar-refractivity contribution is 5.83. The highest BCUT2D eigenvalue weighted by Gasteiger charge is 2.59. The van der Waals surface area contributed by atoms with Gasteiger partial charge in [-0.25, -0.2) is 0 Å². The second-order valence-corrected chi connectivity index (χ2v) is 9.24. The molecule has 1 aromatic carbocycles. The summed E-state index contributed by atoms with van der Waals surface area (Å²) in [4.78, 5) is 23.5. The number of carbonyl (C=O) groups excluding carboxylic acids is 1. The minimum Gasteiger partial charge on any atom is -0.361 e. The SMILES string of the molecule is CN1CCCN(C(=O)C2CC23CCN(Cc2c[nH]c4ccccc24)CC3)CC1. The number of aromatic amines is 1. The maximum absolute atomic E-state index is 13.1. The minimum absolute atomic E-state index is 0.297. The quantitative estimate of drug-likeness (QED) is 0.890. The zero-order chi connectivity index (χ0) is 19.1. The van der Waals surface area contributed by atoms with Gasteiger partial charge >= 0.3 is 0 Å². The average molecular weight is 381 g/mol. The van der Waals surface area contributed by atoms with Crippen LogP contribution in [0.3, 0.4) is 0 Å². The summed E-state index contributed by atoms with van der Waals surface area (Å²) in [6, 6.07) is 8.55. The van der Waals surface area contributed by atoms with E-state index >= 15 is 0 Å². The average Bonchev–Trinajstić information content (AvgIpc) is 3.34. The number of para-hydroxylation sites is 1. The van der Waals surface area contributed by atoms with Crippen molar-refractivity contribution in [3.63, 3.8) is 0 Å². The molecule has 1 aromatic heterocycles. The molecule has 2 saturated heterocycles. The number of fused-ring (bicyclic) bond motifs is 1. The van der Waals surface area contributed by atoms with Crippen molar-refractivity contribution >= 4 is 16.8 Å². The molecule has 28 heavy (non-hydrogen) atoms. The third-order valence-electron chi connectivity index (χ3n) is 7.44. The highest BCUT2D eigenvalue weighted by Crippen LogP contribution is 2.60. The van der Waals surface area contributed by atoms with E-state index in [-0.39, 0.29) is 0 Å². The van der Waals surface area contributed by atoms with E-state index in [0.717, 1.165) is 58.7 Å². The summed E-state index contributed by atoms with van der Waals surface area (Å²) in [6.45, 7) is 7.23. The Morgan fingerprint density at radius 3 is 2.79 bits per heavy atom. The normalized spacial score (nSPS) is 25.9. The Hall–Kier alpha value is -1.85. The van der Waals surface area contributed by atoms with Crippen molar-refractivity contribution in [2.24, 2.45) is 11.3 Å². The third-order valence-corrected chi connectivity index (χ3v) is 7.44. The van der Waals surface area contributed by atoms with Gasteiger partial charge in [0.1, 0.15) is 0 Å². The van der Waals surface area contributed by atoms with Crippen LogP contribution in [0.1, 0.15) is 31.2 Å². The number of hydrogen-bond acceptors (Lipinski definition) is 3. The Morgan fingerprint density at radius 1 is 1.11 bits per heavy atom. The molecule has 1 spiro atoms. The summed E-state index contributed by atoms with van der Waals surface area (Å²) in [5.74, 6) is 0.742. The number of rotatable bonds is 3. The van der Waals surface area contributed by atoms with Gasteiger partial charge in [-0.05, 0) is 69.4 Å². The lowest BCUT2D eigenvalue weighted by Gasteiger charge is -2.33. The lowest BCUT2D eigenvalue weighted by molar-refractivity contribution is -0.133. The van der Waals surface area contributed by atoms with E-state index in [1.807, 2.05) is 0 Å². The van der Waals surface area contributed by atoms with Crippen molar-refractivity contribution in [2.45, 2.75) is 32.2 Å². The summed E-state index contributed by atoms with van der Waals surface area (Å²) in [7, 11) is 2.16. The summed E-state index contributed by atoms with van der Waals surface area (Å²) in [5, 5.41) is 1.34. The van der Waals surface area contributed by atoms with Crippen molar-refractivity contribution < 1.29 is 4.79 Å². The molecule has 1 saturated carbocycles. The molecule has 2 aliphatic heterocycles. The van der Waals surface area contributed by atoms with Crippen LogP contribution in [0.4, 0.5) is 0 Å². The van der Waals surface area contributed by atoms with Crippen LogP contribution in [-0.2, 0) is 11.3 Å². The number of H-pyrrole nitrogens is 1. The van der Waals surface area contributed by atoms with E-state index in [9.17, 15) is 4.79 Å². The first-order chi connectivity index (χ1) is 13.6. The first-order valence-electron chi connectivity index (χ1n) is 10.9. The topological polar surface area (TPSA) is 42.6 Å². The van der Waals surface area contributed by atoms with Gasteiger partial charge in [0.05, 0.1) is 0 Å². The molecule has 5 nitrogen and oxygen atoms in total. The number of likely N-dealkylation sites (N-methyl/N-ethyl adjacent to an activating group) is 1. The molecule has 1 aliphatic carbocycles. The molecule has 2 aromatic rings. The van der Waals surface area contributed by atoms with Crippen LogP contribution in [0.2, 0.25) is 0 Å². The molecule has 1 amide bonds. The van der Waals surface area contributed by atoms with E-state index in [2.05, 4.69) is 57.2 Å². The van der Waals surface area contributed by atoms with Crippen molar-refractivity contribution in [2.75, 3.05) is 46.3 Å². The third kappa shape index (κ3) is 3.35. The summed E-state index contributed by atoms with van der Waals surface area (Å²) >= 11 is 0. The molecule has 1 unspecified atom stereocenters. The highest BCUT2D eigenvalue weighted by atomic mass is 16.2.